The Bertz CT molecular complexity index is 1160. The van der Waals surface area contributed by atoms with Crippen LogP contribution in [0, 0.1) is 0 Å². The molecule has 2 aromatic heterocycles. The van der Waals surface area contributed by atoms with E-state index in [1.165, 1.54) is 15.3 Å². The highest BCUT2D eigenvalue weighted by Gasteiger charge is 2.20. The Morgan fingerprint density at radius 1 is 1.10 bits per heavy atom. The molecule has 3 heterocycles. The van der Waals surface area contributed by atoms with Crippen LogP contribution < -0.4 is 14.8 Å². The van der Waals surface area contributed by atoms with Crippen molar-refractivity contribution in [3.8, 4) is 22.1 Å². The average Bonchev–Trinajstić information content (AvgIpc) is 3.33. The van der Waals surface area contributed by atoms with Crippen molar-refractivity contribution < 1.29 is 9.47 Å². The molecule has 1 aliphatic rings. The summed E-state index contributed by atoms with van der Waals surface area (Å²) in [4.78, 5) is 7.44. The SMILES string of the molecule is CSc1ccc2cc(CNC[C@@H]3COc4ccccc4O3)c(-c3cccs3)nc2c1. The summed E-state index contributed by atoms with van der Waals surface area (Å²) in [6.45, 7) is 1.98. The topological polar surface area (TPSA) is 43.4 Å². The van der Waals surface area contributed by atoms with Gasteiger partial charge in [0.2, 0.25) is 0 Å². The molecule has 5 rings (SSSR count). The van der Waals surface area contributed by atoms with Gasteiger partial charge in [0, 0.05) is 23.4 Å². The molecule has 1 N–H and O–H groups in total. The number of pyridine rings is 1. The Labute approximate surface area is 184 Å². The summed E-state index contributed by atoms with van der Waals surface area (Å²) in [5.74, 6) is 1.63. The van der Waals surface area contributed by atoms with Crippen LogP contribution in [0.4, 0.5) is 0 Å². The highest BCUT2D eigenvalue weighted by Crippen LogP contribution is 2.32. The van der Waals surface area contributed by atoms with Crippen LogP contribution in [0.5, 0.6) is 11.5 Å². The smallest absolute Gasteiger partial charge is 0.161 e. The minimum absolute atomic E-state index is 0.0114. The van der Waals surface area contributed by atoms with Gasteiger partial charge >= 0.3 is 0 Å². The monoisotopic (exact) mass is 434 g/mol. The van der Waals surface area contributed by atoms with Crippen molar-refractivity contribution in [2.75, 3.05) is 19.4 Å². The molecule has 0 aliphatic carbocycles. The first-order valence-electron chi connectivity index (χ1n) is 9.91. The first kappa shape index (κ1) is 19.4. The second kappa shape index (κ2) is 8.68. The Balaban J connectivity index is 1.35. The molecule has 0 saturated heterocycles. The van der Waals surface area contributed by atoms with E-state index in [-0.39, 0.29) is 6.10 Å². The predicted molar refractivity (Wildman–Crippen MR) is 125 cm³/mol. The zero-order valence-electron chi connectivity index (χ0n) is 16.6. The first-order valence-corrected chi connectivity index (χ1v) is 12.0. The number of benzene rings is 2. The molecule has 152 valence electrons. The number of ether oxygens (including phenoxy) is 2. The maximum atomic E-state index is 6.06. The van der Waals surface area contributed by atoms with Crippen LogP contribution in [0.3, 0.4) is 0 Å². The molecular weight excluding hydrogens is 412 g/mol. The lowest BCUT2D eigenvalue weighted by molar-refractivity contribution is 0.0902. The van der Waals surface area contributed by atoms with Crippen LogP contribution in [0.15, 0.2) is 70.9 Å². The normalized spacial score (nSPS) is 15.4. The molecule has 0 radical (unpaired) electrons. The van der Waals surface area contributed by atoms with Gasteiger partial charge in [-0.15, -0.1) is 23.1 Å². The van der Waals surface area contributed by atoms with E-state index in [1.54, 1.807) is 23.1 Å². The third kappa shape index (κ3) is 4.03. The summed E-state index contributed by atoms with van der Waals surface area (Å²) in [5, 5.41) is 6.81. The Kier molecular flexibility index (Phi) is 5.62. The summed E-state index contributed by atoms with van der Waals surface area (Å²) >= 11 is 3.46. The summed E-state index contributed by atoms with van der Waals surface area (Å²) < 4.78 is 11.9. The van der Waals surface area contributed by atoms with Gasteiger partial charge in [0.05, 0.1) is 16.1 Å². The Morgan fingerprint density at radius 2 is 2.00 bits per heavy atom. The molecule has 0 spiro atoms. The number of fused-ring (bicyclic) bond motifs is 2. The molecule has 4 aromatic rings. The number of rotatable bonds is 6. The van der Waals surface area contributed by atoms with Crippen molar-refractivity contribution in [3.63, 3.8) is 0 Å². The number of hydrogen-bond acceptors (Lipinski definition) is 6. The number of hydrogen-bond donors (Lipinski definition) is 1. The molecule has 0 saturated carbocycles. The standard InChI is InChI=1S/C24H22N2O2S2/c1-29-19-9-8-16-11-17(24(26-20(16)12-19)23-7-4-10-30-23)13-25-14-18-15-27-21-5-2-3-6-22(21)28-18/h2-12,18,25H,13-15H2,1H3/t18-/m1/s1. The molecule has 0 fully saturated rings. The van der Waals surface area contributed by atoms with Gasteiger partial charge in [-0.05, 0) is 53.6 Å². The molecule has 0 amide bonds. The van der Waals surface area contributed by atoms with Gasteiger partial charge in [0.25, 0.3) is 0 Å². The molecule has 6 heteroatoms. The van der Waals surface area contributed by atoms with Gasteiger partial charge in [0.15, 0.2) is 11.5 Å². The van der Waals surface area contributed by atoms with Gasteiger partial charge in [-0.3, -0.25) is 0 Å². The van der Waals surface area contributed by atoms with Crippen LogP contribution >= 0.6 is 23.1 Å². The van der Waals surface area contributed by atoms with Crippen molar-refractivity contribution in [1.29, 1.82) is 0 Å². The maximum absolute atomic E-state index is 6.06. The predicted octanol–water partition coefficient (Wildman–Crippen LogP) is 5.61. The van der Waals surface area contributed by atoms with Gasteiger partial charge in [-0.1, -0.05) is 24.3 Å². The van der Waals surface area contributed by atoms with Crippen LogP contribution in [0.2, 0.25) is 0 Å². The van der Waals surface area contributed by atoms with E-state index in [9.17, 15) is 0 Å². The lowest BCUT2D eigenvalue weighted by Crippen LogP contribution is -2.38. The van der Waals surface area contributed by atoms with E-state index in [0.29, 0.717) is 13.2 Å². The van der Waals surface area contributed by atoms with Crippen molar-refractivity contribution in [3.05, 3.63) is 71.6 Å². The highest BCUT2D eigenvalue weighted by molar-refractivity contribution is 7.98. The fourth-order valence-electron chi connectivity index (χ4n) is 3.61. The van der Waals surface area contributed by atoms with Crippen molar-refractivity contribution in [2.24, 2.45) is 0 Å². The highest BCUT2D eigenvalue weighted by atomic mass is 32.2. The molecule has 30 heavy (non-hydrogen) atoms. The van der Waals surface area contributed by atoms with Gasteiger partial charge < -0.3 is 14.8 Å². The second-order valence-corrected chi connectivity index (χ2v) is 8.99. The average molecular weight is 435 g/mol. The van der Waals surface area contributed by atoms with Crippen LogP contribution in [-0.2, 0) is 6.54 Å². The van der Waals surface area contributed by atoms with E-state index < -0.39 is 0 Å². The first-order chi connectivity index (χ1) is 14.8. The third-order valence-electron chi connectivity index (χ3n) is 5.11. The lowest BCUT2D eigenvalue weighted by Gasteiger charge is -2.26. The molecule has 4 nitrogen and oxygen atoms in total. The Hall–Kier alpha value is -2.54. The van der Waals surface area contributed by atoms with E-state index in [4.69, 9.17) is 14.5 Å². The number of aromatic nitrogens is 1. The van der Waals surface area contributed by atoms with E-state index in [2.05, 4.69) is 53.4 Å². The third-order valence-corrected chi connectivity index (χ3v) is 6.72. The molecular formula is C24H22N2O2S2. The summed E-state index contributed by atoms with van der Waals surface area (Å²) in [5.41, 5.74) is 3.28. The molecule has 1 aliphatic heterocycles. The fraction of sp³-hybridized carbons (Fsp3) is 0.208. The number of thioether (sulfide) groups is 1. The molecule has 1 atom stereocenters. The number of thiophene rings is 1. The Morgan fingerprint density at radius 3 is 2.83 bits per heavy atom. The lowest BCUT2D eigenvalue weighted by atomic mass is 10.1. The number of para-hydroxylation sites is 2. The minimum Gasteiger partial charge on any atom is -0.486 e. The van der Waals surface area contributed by atoms with Gasteiger partial charge in [0.1, 0.15) is 12.7 Å². The van der Waals surface area contributed by atoms with Crippen molar-refractivity contribution in [2.45, 2.75) is 17.5 Å². The van der Waals surface area contributed by atoms with Crippen molar-refractivity contribution in [1.82, 2.24) is 10.3 Å². The van der Waals surface area contributed by atoms with Crippen LogP contribution in [0.25, 0.3) is 21.5 Å². The second-order valence-electron chi connectivity index (χ2n) is 7.16. The number of nitrogens with one attached hydrogen (secondary N) is 1. The molecule has 0 unspecified atom stereocenters. The van der Waals surface area contributed by atoms with E-state index in [0.717, 1.165) is 34.6 Å². The quantitative estimate of drug-likeness (QED) is 0.399. The molecule has 0 bridgehead atoms. The largest absolute Gasteiger partial charge is 0.486 e. The summed E-state index contributed by atoms with van der Waals surface area (Å²) in [6.07, 6.45) is 2.08. The zero-order chi connectivity index (χ0) is 20.3. The van der Waals surface area contributed by atoms with Crippen molar-refractivity contribution >= 4 is 34.0 Å². The maximum Gasteiger partial charge on any atom is 0.161 e. The summed E-state index contributed by atoms with van der Waals surface area (Å²) in [7, 11) is 0. The van der Waals surface area contributed by atoms with Gasteiger partial charge in [-0.25, -0.2) is 4.98 Å². The van der Waals surface area contributed by atoms with Crippen LogP contribution in [-0.4, -0.2) is 30.5 Å². The summed E-state index contributed by atoms with van der Waals surface area (Å²) in [6, 6.07) is 20.8. The minimum atomic E-state index is -0.0114. The van der Waals surface area contributed by atoms with E-state index in [1.807, 2.05) is 24.3 Å². The molecule has 2 aromatic carbocycles. The zero-order valence-corrected chi connectivity index (χ0v) is 18.3. The fourth-order valence-corrected chi connectivity index (χ4v) is 4.79. The number of nitrogens with zero attached hydrogens (tertiary/aromatic N) is 1. The van der Waals surface area contributed by atoms with E-state index >= 15 is 0 Å². The van der Waals surface area contributed by atoms with Crippen LogP contribution in [0.1, 0.15) is 5.56 Å². The van der Waals surface area contributed by atoms with Gasteiger partial charge in [-0.2, -0.15) is 0 Å².